The van der Waals surface area contributed by atoms with Gasteiger partial charge < -0.3 is 10.0 Å². The summed E-state index contributed by atoms with van der Waals surface area (Å²) in [4.78, 5) is 24.1. The molecule has 5 nitrogen and oxygen atoms in total. The van der Waals surface area contributed by atoms with Crippen LogP contribution < -0.4 is 5.32 Å². The van der Waals surface area contributed by atoms with Crippen molar-refractivity contribution in [1.82, 2.24) is 10.2 Å². The number of amides is 1. The van der Waals surface area contributed by atoms with Crippen molar-refractivity contribution in [3.63, 3.8) is 0 Å². The van der Waals surface area contributed by atoms with Gasteiger partial charge in [-0.15, -0.1) is 0 Å². The van der Waals surface area contributed by atoms with Gasteiger partial charge in [-0.05, 0) is 25.7 Å². The molecule has 1 aliphatic rings. The zero-order chi connectivity index (χ0) is 12.1. The summed E-state index contributed by atoms with van der Waals surface area (Å²) in [6, 6.07) is -0.675. The number of carboxylic acids is 1. The second-order valence-electron chi connectivity index (χ2n) is 4.53. The van der Waals surface area contributed by atoms with Crippen molar-refractivity contribution in [1.29, 1.82) is 0 Å². The van der Waals surface area contributed by atoms with Crippen LogP contribution in [-0.2, 0) is 9.59 Å². The number of carbonyl (C=O) groups excluding carboxylic acids is 1. The average molecular weight is 228 g/mol. The number of carboxylic acid groups (broad SMARTS) is 1. The van der Waals surface area contributed by atoms with Gasteiger partial charge in [0.15, 0.2) is 0 Å². The van der Waals surface area contributed by atoms with E-state index in [0.717, 1.165) is 19.5 Å². The Hall–Kier alpha value is -1.10. The van der Waals surface area contributed by atoms with Crippen molar-refractivity contribution in [3.05, 3.63) is 0 Å². The predicted octanol–water partition coefficient (Wildman–Crippen LogP) is 0.308. The van der Waals surface area contributed by atoms with Crippen LogP contribution >= 0.6 is 0 Å². The number of nitrogens with one attached hydrogen (secondary N) is 1. The molecule has 0 spiro atoms. The third-order valence-corrected chi connectivity index (χ3v) is 2.94. The van der Waals surface area contributed by atoms with E-state index in [-0.39, 0.29) is 12.5 Å². The minimum Gasteiger partial charge on any atom is -0.480 e. The molecule has 16 heavy (non-hydrogen) atoms. The number of hydrogen-bond donors (Lipinski definition) is 2. The summed E-state index contributed by atoms with van der Waals surface area (Å²) in [6.45, 7) is 5.37. The summed E-state index contributed by atoms with van der Waals surface area (Å²) in [5.74, 6) is -0.381. The zero-order valence-electron chi connectivity index (χ0n) is 9.90. The van der Waals surface area contributed by atoms with Crippen LogP contribution in [-0.4, -0.2) is 47.6 Å². The third kappa shape index (κ3) is 3.81. The minimum atomic E-state index is -0.931. The normalized spacial score (nSPS) is 22.9. The Bertz CT molecular complexity index is 268. The van der Waals surface area contributed by atoms with Crippen molar-refractivity contribution in [3.8, 4) is 0 Å². The third-order valence-electron chi connectivity index (χ3n) is 2.94. The van der Waals surface area contributed by atoms with Crippen molar-refractivity contribution in [2.45, 2.75) is 32.7 Å². The summed E-state index contributed by atoms with van der Waals surface area (Å²) in [7, 11) is 0. The summed E-state index contributed by atoms with van der Waals surface area (Å²) in [5, 5.41) is 11.4. The van der Waals surface area contributed by atoms with Gasteiger partial charge >= 0.3 is 5.97 Å². The van der Waals surface area contributed by atoms with Crippen LogP contribution in [0, 0.1) is 5.92 Å². The first-order chi connectivity index (χ1) is 7.50. The number of rotatable bonds is 4. The van der Waals surface area contributed by atoms with E-state index < -0.39 is 12.0 Å². The second kappa shape index (κ2) is 5.84. The van der Waals surface area contributed by atoms with Gasteiger partial charge in [-0.3, -0.25) is 14.9 Å². The number of hydrogen-bond acceptors (Lipinski definition) is 3. The Labute approximate surface area is 95.8 Å². The van der Waals surface area contributed by atoms with E-state index in [9.17, 15) is 9.59 Å². The SMILES string of the molecule is CC1CCCN(C(=O)CNC(C)C(=O)O)C1. The molecule has 0 aliphatic carbocycles. The number of piperidine rings is 1. The largest absolute Gasteiger partial charge is 0.480 e. The molecule has 0 saturated carbocycles. The fourth-order valence-electron chi connectivity index (χ4n) is 1.86. The van der Waals surface area contributed by atoms with Crippen LogP contribution in [0.4, 0.5) is 0 Å². The molecule has 0 radical (unpaired) electrons. The maximum Gasteiger partial charge on any atom is 0.320 e. The van der Waals surface area contributed by atoms with Crippen LogP contribution in [0.5, 0.6) is 0 Å². The Morgan fingerprint density at radius 3 is 2.81 bits per heavy atom. The molecule has 2 unspecified atom stereocenters. The van der Waals surface area contributed by atoms with E-state index >= 15 is 0 Å². The first-order valence-corrected chi connectivity index (χ1v) is 5.74. The fourth-order valence-corrected chi connectivity index (χ4v) is 1.86. The maximum absolute atomic E-state index is 11.7. The highest BCUT2D eigenvalue weighted by Crippen LogP contribution is 2.15. The molecule has 5 heteroatoms. The number of nitrogens with zero attached hydrogens (tertiary/aromatic N) is 1. The molecule has 1 amide bonds. The van der Waals surface area contributed by atoms with E-state index in [1.807, 2.05) is 4.90 Å². The highest BCUT2D eigenvalue weighted by atomic mass is 16.4. The summed E-state index contributed by atoms with van der Waals surface area (Å²) < 4.78 is 0. The fraction of sp³-hybridized carbons (Fsp3) is 0.818. The first-order valence-electron chi connectivity index (χ1n) is 5.74. The van der Waals surface area contributed by atoms with E-state index in [2.05, 4.69) is 12.2 Å². The molecule has 1 aliphatic heterocycles. The Kier molecular flexibility index (Phi) is 4.73. The first kappa shape index (κ1) is 13.0. The Morgan fingerprint density at radius 1 is 1.56 bits per heavy atom. The number of carbonyl (C=O) groups is 2. The van der Waals surface area contributed by atoms with Crippen LogP contribution in [0.3, 0.4) is 0 Å². The molecule has 92 valence electrons. The van der Waals surface area contributed by atoms with Gasteiger partial charge in [-0.1, -0.05) is 6.92 Å². The molecule has 0 aromatic rings. The second-order valence-corrected chi connectivity index (χ2v) is 4.53. The number of aliphatic carboxylic acids is 1. The van der Waals surface area contributed by atoms with E-state index in [4.69, 9.17) is 5.11 Å². The van der Waals surface area contributed by atoms with Crippen LogP contribution in [0.15, 0.2) is 0 Å². The number of likely N-dealkylation sites (tertiary alicyclic amines) is 1. The smallest absolute Gasteiger partial charge is 0.320 e. The maximum atomic E-state index is 11.7. The highest BCUT2D eigenvalue weighted by Gasteiger charge is 2.21. The van der Waals surface area contributed by atoms with Crippen LogP contribution in [0.1, 0.15) is 26.7 Å². The van der Waals surface area contributed by atoms with Crippen molar-refractivity contribution in [2.24, 2.45) is 5.92 Å². The molecule has 1 saturated heterocycles. The minimum absolute atomic E-state index is 0.000324. The van der Waals surface area contributed by atoms with Gasteiger partial charge in [0.1, 0.15) is 6.04 Å². The van der Waals surface area contributed by atoms with Crippen molar-refractivity contribution < 1.29 is 14.7 Å². The zero-order valence-corrected chi connectivity index (χ0v) is 9.90. The summed E-state index contributed by atoms with van der Waals surface area (Å²) in [6.07, 6.45) is 2.21. The van der Waals surface area contributed by atoms with Gasteiger partial charge in [0.2, 0.25) is 5.91 Å². The molecule has 0 aromatic carbocycles. The molecular formula is C11H20N2O3. The van der Waals surface area contributed by atoms with Gasteiger partial charge in [-0.25, -0.2) is 0 Å². The molecule has 1 rings (SSSR count). The monoisotopic (exact) mass is 228 g/mol. The van der Waals surface area contributed by atoms with Crippen LogP contribution in [0.2, 0.25) is 0 Å². The molecule has 2 N–H and O–H groups in total. The van der Waals surface area contributed by atoms with Crippen molar-refractivity contribution in [2.75, 3.05) is 19.6 Å². The Balaban J connectivity index is 2.31. The molecule has 0 aromatic heterocycles. The molecule has 1 heterocycles. The van der Waals surface area contributed by atoms with Gasteiger partial charge in [0, 0.05) is 13.1 Å². The molecule has 0 bridgehead atoms. The van der Waals surface area contributed by atoms with Gasteiger partial charge in [0.25, 0.3) is 0 Å². The summed E-state index contributed by atoms with van der Waals surface area (Å²) in [5.41, 5.74) is 0. The molecule has 1 fully saturated rings. The van der Waals surface area contributed by atoms with E-state index in [1.165, 1.54) is 13.3 Å². The lowest BCUT2D eigenvalue weighted by molar-refractivity contribution is -0.139. The van der Waals surface area contributed by atoms with Gasteiger partial charge in [-0.2, -0.15) is 0 Å². The van der Waals surface area contributed by atoms with E-state index in [0.29, 0.717) is 5.92 Å². The lowest BCUT2D eigenvalue weighted by atomic mass is 10.0. The summed E-state index contributed by atoms with van der Waals surface area (Å²) >= 11 is 0. The highest BCUT2D eigenvalue weighted by molar-refractivity contribution is 5.80. The van der Waals surface area contributed by atoms with Crippen LogP contribution in [0.25, 0.3) is 0 Å². The molecule has 2 atom stereocenters. The molecular weight excluding hydrogens is 208 g/mol. The average Bonchev–Trinajstić information content (AvgIpc) is 2.25. The lowest BCUT2D eigenvalue weighted by Crippen LogP contribution is -2.46. The standard InChI is InChI=1S/C11H20N2O3/c1-8-4-3-5-13(7-8)10(14)6-12-9(2)11(15)16/h8-9,12H,3-7H2,1-2H3,(H,15,16). The topological polar surface area (TPSA) is 69.6 Å². The quantitative estimate of drug-likeness (QED) is 0.726. The Morgan fingerprint density at radius 2 is 2.25 bits per heavy atom. The van der Waals surface area contributed by atoms with Gasteiger partial charge in [0.05, 0.1) is 6.54 Å². The van der Waals surface area contributed by atoms with Crippen molar-refractivity contribution >= 4 is 11.9 Å². The lowest BCUT2D eigenvalue weighted by Gasteiger charge is -2.31. The predicted molar refractivity (Wildman–Crippen MR) is 60.1 cm³/mol. The van der Waals surface area contributed by atoms with E-state index in [1.54, 1.807) is 0 Å².